The summed E-state index contributed by atoms with van der Waals surface area (Å²) in [6.45, 7) is 0.607. The van der Waals surface area contributed by atoms with Gasteiger partial charge in [0.15, 0.2) is 15.0 Å². The van der Waals surface area contributed by atoms with Gasteiger partial charge in [-0.2, -0.15) is 0 Å². The molecular formula is C22H25N3O4S2. The first kappa shape index (κ1) is 20.8. The number of aryl methyl sites for hydroxylation is 1. The van der Waals surface area contributed by atoms with Crippen LogP contribution >= 0.6 is 11.8 Å². The Kier molecular flexibility index (Phi) is 5.42. The van der Waals surface area contributed by atoms with E-state index in [1.54, 1.807) is 9.47 Å². The van der Waals surface area contributed by atoms with Crippen molar-refractivity contribution in [1.29, 1.82) is 0 Å². The number of fused-ring (bicyclic) bond motifs is 2. The van der Waals surface area contributed by atoms with Crippen LogP contribution in [0.25, 0.3) is 0 Å². The summed E-state index contributed by atoms with van der Waals surface area (Å²) in [4.78, 5) is 32.4. The van der Waals surface area contributed by atoms with Crippen molar-refractivity contribution < 1.29 is 13.2 Å². The van der Waals surface area contributed by atoms with Gasteiger partial charge < -0.3 is 4.90 Å². The maximum atomic E-state index is 13.1. The number of amides is 1. The monoisotopic (exact) mass is 459 g/mol. The topological polar surface area (TPSA) is 89.3 Å². The van der Waals surface area contributed by atoms with Crippen LogP contribution in [0.1, 0.15) is 47.4 Å². The van der Waals surface area contributed by atoms with Crippen molar-refractivity contribution in [2.45, 2.75) is 48.6 Å². The molecule has 7 nitrogen and oxygen atoms in total. The smallest absolute Gasteiger partial charge is 0.257 e. The van der Waals surface area contributed by atoms with Gasteiger partial charge in [0.05, 0.1) is 22.7 Å². The average molecular weight is 460 g/mol. The van der Waals surface area contributed by atoms with Gasteiger partial charge in [-0.25, -0.2) is 13.4 Å². The summed E-state index contributed by atoms with van der Waals surface area (Å²) in [6, 6.07) is 9.01. The molecule has 1 fully saturated rings. The molecule has 3 heterocycles. The van der Waals surface area contributed by atoms with E-state index in [-0.39, 0.29) is 36.2 Å². The number of carbonyl (C=O) groups is 1. The number of carbonyl (C=O) groups excluding carboxylic acids is 1. The van der Waals surface area contributed by atoms with E-state index in [1.165, 1.54) is 11.8 Å². The Bertz CT molecular complexity index is 1180. The molecular weight excluding hydrogens is 434 g/mol. The summed E-state index contributed by atoms with van der Waals surface area (Å²) in [5.74, 6) is 0.522. The standard InChI is InChI=1S/C22H25N3O4S2/c26-20(13-16-14-30-22-23-18-8-4-7-17(18)21(27)25(16)22)24-10-9-19(31(28,29)12-11-24)15-5-2-1-3-6-15/h1-3,5-6,16,19H,4,7-14H2. The van der Waals surface area contributed by atoms with Crippen molar-refractivity contribution in [3.05, 3.63) is 57.5 Å². The third kappa shape index (κ3) is 3.82. The van der Waals surface area contributed by atoms with Gasteiger partial charge in [0.2, 0.25) is 5.91 Å². The Balaban J connectivity index is 1.32. The van der Waals surface area contributed by atoms with Gasteiger partial charge in [0.1, 0.15) is 0 Å². The zero-order valence-corrected chi connectivity index (χ0v) is 18.8. The minimum absolute atomic E-state index is 0.00267. The van der Waals surface area contributed by atoms with Crippen LogP contribution in [0.4, 0.5) is 0 Å². The largest absolute Gasteiger partial charge is 0.342 e. The molecule has 1 amide bonds. The molecule has 1 aromatic carbocycles. The molecule has 2 aromatic rings. The number of hydrogen-bond acceptors (Lipinski definition) is 6. The van der Waals surface area contributed by atoms with Gasteiger partial charge in [-0.15, -0.1) is 0 Å². The summed E-state index contributed by atoms with van der Waals surface area (Å²) < 4.78 is 27.4. The second-order valence-electron chi connectivity index (χ2n) is 8.45. The number of hydrogen-bond donors (Lipinski definition) is 0. The number of rotatable bonds is 3. The van der Waals surface area contributed by atoms with Crippen molar-refractivity contribution in [3.63, 3.8) is 0 Å². The van der Waals surface area contributed by atoms with E-state index >= 15 is 0 Å². The van der Waals surface area contributed by atoms with Crippen LogP contribution in [-0.4, -0.2) is 53.4 Å². The lowest BCUT2D eigenvalue weighted by molar-refractivity contribution is -0.131. The van der Waals surface area contributed by atoms with Crippen molar-refractivity contribution in [3.8, 4) is 0 Å². The predicted molar refractivity (Wildman–Crippen MR) is 119 cm³/mol. The third-order valence-electron chi connectivity index (χ3n) is 6.55. The Morgan fingerprint density at radius 1 is 1.16 bits per heavy atom. The molecule has 0 spiro atoms. The van der Waals surface area contributed by atoms with Crippen LogP contribution in [0.5, 0.6) is 0 Å². The average Bonchev–Trinajstić information content (AvgIpc) is 3.34. The van der Waals surface area contributed by atoms with E-state index in [9.17, 15) is 18.0 Å². The quantitative estimate of drug-likeness (QED) is 0.654. The van der Waals surface area contributed by atoms with Crippen LogP contribution in [0.3, 0.4) is 0 Å². The van der Waals surface area contributed by atoms with Crippen molar-refractivity contribution >= 4 is 27.5 Å². The van der Waals surface area contributed by atoms with E-state index in [0.717, 1.165) is 36.1 Å². The molecule has 1 aromatic heterocycles. The number of aromatic nitrogens is 2. The predicted octanol–water partition coefficient (Wildman–Crippen LogP) is 2.16. The second-order valence-corrected chi connectivity index (χ2v) is 11.7. The van der Waals surface area contributed by atoms with Crippen molar-refractivity contribution in [2.24, 2.45) is 0 Å². The molecule has 9 heteroatoms. The van der Waals surface area contributed by atoms with Gasteiger partial charge in [-0.3, -0.25) is 14.2 Å². The molecule has 5 rings (SSSR count). The van der Waals surface area contributed by atoms with Crippen LogP contribution in [0.2, 0.25) is 0 Å². The van der Waals surface area contributed by atoms with Crippen LogP contribution in [0, 0.1) is 0 Å². The first-order valence-corrected chi connectivity index (χ1v) is 13.5. The molecule has 31 heavy (non-hydrogen) atoms. The number of nitrogens with zero attached hydrogens (tertiary/aromatic N) is 3. The van der Waals surface area contributed by atoms with Crippen molar-refractivity contribution in [1.82, 2.24) is 14.5 Å². The van der Waals surface area contributed by atoms with Crippen molar-refractivity contribution in [2.75, 3.05) is 24.6 Å². The fraction of sp³-hybridized carbons (Fsp3) is 0.500. The Morgan fingerprint density at radius 2 is 1.97 bits per heavy atom. The first-order chi connectivity index (χ1) is 14.9. The maximum absolute atomic E-state index is 13.1. The lowest BCUT2D eigenvalue weighted by atomic mass is 10.1. The molecule has 1 aliphatic carbocycles. The van der Waals surface area contributed by atoms with Crippen LogP contribution in [-0.2, 0) is 27.5 Å². The maximum Gasteiger partial charge on any atom is 0.257 e. The van der Waals surface area contributed by atoms with E-state index in [4.69, 9.17) is 0 Å². The molecule has 0 radical (unpaired) electrons. The third-order valence-corrected chi connectivity index (χ3v) is 9.77. The van der Waals surface area contributed by atoms with E-state index in [2.05, 4.69) is 4.98 Å². The lowest BCUT2D eigenvalue weighted by Crippen LogP contribution is -2.36. The lowest BCUT2D eigenvalue weighted by Gasteiger charge is -2.22. The molecule has 2 atom stereocenters. The SMILES string of the molecule is O=C(CC1CSc2nc3c(c(=O)n21)CCC3)N1CCC(c2ccccc2)S(=O)(=O)CC1. The summed E-state index contributed by atoms with van der Waals surface area (Å²) in [5.41, 5.74) is 2.50. The molecule has 0 saturated carbocycles. The summed E-state index contributed by atoms with van der Waals surface area (Å²) in [5, 5.41) is 0.134. The summed E-state index contributed by atoms with van der Waals surface area (Å²) >= 11 is 1.53. The van der Waals surface area contributed by atoms with Crippen LogP contribution in [0.15, 0.2) is 40.3 Å². The second kappa shape index (κ2) is 8.09. The molecule has 2 unspecified atom stereocenters. The number of thioether (sulfide) groups is 1. The highest BCUT2D eigenvalue weighted by atomic mass is 32.2. The number of sulfone groups is 1. The highest BCUT2D eigenvalue weighted by molar-refractivity contribution is 7.99. The summed E-state index contributed by atoms with van der Waals surface area (Å²) in [6.07, 6.45) is 3.17. The van der Waals surface area contributed by atoms with Gasteiger partial charge in [-0.05, 0) is 31.2 Å². The Morgan fingerprint density at radius 3 is 2.77 bits per heavy atom. The number of benzene rings is 1. The molecule has 3 aliphatic rings. The zero-order chi connectivity index (χ0) is 21.6. The zero-order valence-electron chi connectivity index (χ0n) is 17.2. The highest BCUT2D eigenvalue weighted by Crippen LogP contribution is 2.35. The Labute approximate surface area is 185 Å². The van der Waals surface area contributed by atoms with E-state index in [1.807, 2.05) is 30.3 Å². The highest BCUT2D eigenvalue weighted by Gasteiger charge is 2.35. The van der Waals surface area contributed by atoms with Gasteiger partial charge in [0.25, 0.3) is 5.56 Å². The fourth-order valence-electron chi connectivity index (χ4n) is 4.87. The molecule has 1 saturated heterocycles. The van der Waals surface area contributed by atoms with Crippen LogP contribution < -0.4 is 5.56 Å². The molecule has 164 valence electrons. The normalized spacial score (nSPS) is 24.5. The van der Waals surface area contributed by atoms with Gasteiger partial charge in [0, 0.05) is 30.8 Å². The van der Waals surface area contributed by atoms with Gasteiger partial charge in [-0.1, -0.05) is 42.1 Å². The Hall–Kier alpha value is -2.13. The van der Waals surface area contributed by atoms with Gasteiger partial charge >= 0.3 is 0 Å². The minimum Gasteiger partial charge on any atom is -0.342 e. The molecule has 2 aliphatic heterocycles. The fourth-order valence-corrected chi connectivity index (χ4v) is 7.82. The summed E-state index contributed by atoms with van der Waals surface area (Å²) in [7, 11) is -3.33. The first-order valence-electron chi connectivity index (χ1n) is 10.8. The van der Waals surface area contributed by atoms with E-state index in [0.29, 0.717) is 23.9 Å². The molecule has 0 bridgehead atoms. The molecule has 0 N–H and O–H groups in total. The van der Waals surface area contributed by atoms with E-state index < -0.39 is 15.1 Å². The minimum atomic E-state index is -3.33.